The number of imidazole rings is 1. The highest BCUT2D eigenvalue weighted by Gasteiger charge is 2.14. The van der Waals surface area contributed by atoms with Crippen molar-refractivity contribution in [2.24, 2.45) is 0 Å². The Bertz CT molecular complexity index is 993. The fourth-order valence-corrected chi connectivity index (χ4v) is 2.80. The molecular weight excluding hydrogens is 352 g/mol. The molecule has 0 radical (unpaired) electrons. The lowest BCUT2D eigenvalue weighted by Crippen LogP contribution is -2.37. The van der Waals surface area contributed by atoms with Crippen molar-refractivity contribution in [1.29, 1.82) is 0 Å². The lowest BCUT2D eigenvalue weighted by Gasteiger charge is -2.13. The van der Waals surface area contributed by atoms with Crippen molar-refractivity contribution in [2.45, 2.75) is 6.54 Å². The summed E-state index contributed by atoms with van der Waals surface area (Å²) in [5, 5.41) is 2.71. The second kappa shape index (κ2) is 7.27. The molecule has 0 saturated heterocycles. The Morgan fingerprint density at radius 2 is 1.85 bits per heavy atom. The molecule has 8 heteroatoms. The molecule has 2 aromatic carbocycles. The number of aromatic nitrogens is 2. The summed E-state index contributed by atoms with van der Waals surface area (Å²) in [6.07, 6.45) is 1.07. The highest BCUT2D eigenvalue weighted by molar-refractivity contribution is 7.88. The van der Waals surface area contributed by atoms with Gasteiger partial charge in [-0.2, -0.15) is 4.31 Å². The summed E-state index contributed by atoms with van der Waals surface area (Å²) in [5.74, 6) is 0.441. The van der Waals surface area contributed by atoms with Gasteiger partial charge in [-0.25, -0.2) is 13.4 Å². The number of hydrogen-bond acceptors (Lipinski definition) is 4. The van der Waals surface area contributed by atoms with Crippen LogP contribution in [-0.4, -0.2) is 48.4 Å². The quantitative estimate of drug-likeness (QED) is 0.689. The smallest absolute Gasteiger partial charge is 0.235 e. The van der Waals surface area contributed by atoms with E-state index in [9.17, 15) is 13.2 Å². The average Bonchev–Trinajstić information content (AvgIpc) is 3.03. The van der Waals surface area contributed by atoms with Crippen molar-refractivity contribution in [1.82, 2.24) is 19.6 Å². The van der Waals surface area contributed by atoms with Gasteiger partial charge in [0, 0.05) is 19.2 Å². The summed E-state index contributed by atoms with van der Waals surface area (Å²) in [6.45, 7) is 0.132. The topological polar surface area (TPSA) is 95.2 Å². The van der Waals surface area contributed by atoms with Crippen LogP contribution in [0, 0.1) is 0 Å². The van der Waals surface area contributed by atoms with E-state index in [-0.39, 0.29) is 12.5 Å². The predicted octanol–water partition coefficient (Wildman–Crippen LogP) is 1.74. The summed E-state index contributed by atoms with van der Waals surface area (Å²) in [6, 6.07) is 15.5. The number of sulfonamides is 1. The van der Waals surface area contributed by atoms with E-state index < -0.39 is 10.0 Å². The maximum atomic E-state index is 11.8. The number of nitrogens with zero attached hydrogens (tertiary/aromatic N) is 2. The Labute approximate surface area is 152 Å². The molecule has 0 bridgehead atoms. The van der Waals surface area contributed by atoms with Crippen LogP contribution in [0.1, 0.15) is 5.56 Å². The molecule has 0 spiro atoms. The minimum absolute atomic E-state index is 0.199. The highest BCUT2D eigenvalue weighted by Crippen LogP contribution is 2.20. The summed E-state index contributed by atoms with van der Waals surface area (Å²) in [5.41, 5.74) is 3.76. The number of amides is 1. The van der Waals surface area contributed by atoms with Crippen LogP contribution in [0.15, 0.2) is 48.5 Å². The number of carbonyl (C=O) groups excluding carboxylic acids is 1. The lowest BCUT2D eigenvalue weighted by atomic mass is 10.1. The predicted molar refractivity (Wildman–Crippen MR) is 101 cm³/mol. The van der Waals surface area contributed by atoms with Gasteiger partial charge in [0.05, 0.1) is 23.8 Å². The van der Waals surface area contributed by atoms with Gasteiger partial charge in [0.15, 0.2) is 0 Å². The first-order valence-corrected chi connectivity index (χ1v) is 9.90. The van der Waals surface area contributed by atoms with Crippen LogP contribution >= 0.6 is 0 Å². The summed E-state index contributed by atoms with van der Waals surface area (Å²) in [7, 11) is -1.99. The van der Waals surface area contributed by atoms with Crippen molar-refractivity contribution in [3.63, 3.8) is 0 Å². The number of para-hydroxylation sites is 2. The Morgan fingerprint density at radius 3 is 2.50 bits per heavy atom. The Hall–Kier alpha value is -2.71. The molecule has 0 fully saturated rings. The third-order valence-corrected chi connectivity index (χ3v) is 5.30. The minimum Gasteiger partial charge on any atom is -0.351 e. The monoisotopic (exact) mass is 372 g/mol. The van der Waals surface area contributed by atoms with Gasteiger partial charge in [-0.05, 0) is 17.7 Å². The van der Waals surface area contributed by atoms with Crippen molar-refractivity contribution < 1.29 is 13.2 Å². The Kier molecular flexibility index (Phi) is 5.06. The molecule has 2 N–H and O–H groups in total. The fraction of sp³-hybridized carbons (Fsp3) is 0.222. The molecule has 0 saturated carbocycles. The molecule has 7 nitrogen and oxygen atoms in total. The van der Waals surface area contributed by atoms with Crippen molar-refractivity contribution in [2.75, 3.05) is 19.8 Å². The van der Waals surface area contributed by atoms with E-state index in [2.05, 4.69) is 15.3 Å². The third-order valence-electron chi connectivity index (χ3n) is 4.04. The molecule has 3 rings (SSSR count). The number of fused-ring (bicyclic) bond motifs is 1. The average molecular weight is 372 g/mol. The van der Waals surface area contributed by atoms with Crippen LogP contribution in [-0.2, 0) is 21.4 Å². The zero-order valence-corrected chi connectivity index (χ0v) is 15.4. The molecule has 136 valence electrons. The van der Waals surface area contributed by atoms with Gasteiger partial charge in [0.2, 0.25) is 15.9 Å². The summed E-state index contributed by atoms with van der Waals surface area (Å²) >= 11 is 0. The van der Waals surface area contributed by atoms with Crippen molar-refractivity contribution in [3.05, 3.63) is 54.1 Å². The number of hydrogen-bond donors (Lipinski definition) is 2. The zero-order valence-electron chi connectivity index (χ0n) is 14.6. The summed E-state index contributed by atoms with van der Waals surface area (Å²) in [4.78, 5) is 19.7. The second-order valence-corrected chi connectivity index (χ2v) is 8.18. The van der Waals surface area contributed by atoms with Gasteiger partial charge >= 0.3 is 0 Å². The SMILES string of the molecule is CN(CC(=O)NCc1ccc(-c2nc3ccccc3[nH]2)cc1)S(C)(=O)=O. The van der Waals surface area contributed by atoms with E-state index in [1.807, 2.05) is 48.5 Å². The standard InChI is InChI=1S/C18H20N4O3S/c1-22(26(2,24)25)12-17(23)19-11-13-7-9-14(10-8-13)18-20-15-5-3-4-6-16(15)21-18/h3-10H,11-12H2,1-2H3,(H,19,23)(H,20,21). The molecule has 1 heterocycles. The molecule has 1 amide bonds. The first-order chi connectivity index (χ1) is 12.3. The molecule has 0 atom stereocenters. The molecular formula is C18H20N4O3S. The number of nitrogens with one attached hydrogen (secondary N) is 2. The first kappa shape index (κ1) is 18.1. The van der Waals surface area contributed by atoms with E-state index in [1.54, 1.807) is 0 Å². The molecule has 26 heavy (non-hydrogen) atoms. The van der Waals surface area contributed by atoms with Crippen molar-refractivity contribution in [3.8, 4) is 11.4 Å². The van der Waals surface area contributed by atoms with Gasteiger partial charge in [-0.15, -0.1) is 0 Å². The molecule has 0 aliphatic carbocycles. The maximum Gasteiger partial charge on any atom is 0.235 e. The molecule has 0 aliphatic heterocycles. The number of rotatable bonds is 6. The minimum atomic E-state index is -3.37. The Morgan fingerprint density at radius 1 is 1.15 bits per heavy atom. The van der Waals surface area contributed by atoms with Crippen LogP contribution in [0.4, 0.5) is 0 Å². The first-order valence-electron chi connectivity index (χ1n) is 8.05. The number of aromatic amines is 1. The summed E-state index contributed by atoms with van der Waals surface area (Å²) < 4.78 is 23.6. The largest absolute Gasteiger partial charge is 0.351 e. The highest BCUT2D eigenvalue weighted by atomic mass is 32.2. The van der Waals surface area contributed by atoms with Gasteiger partial charge in [0.1, 0.15) is 5.82 Å². The van der Waals surface area contributed by atoms with E-state index in [4.69, 9.17) is 0 Å². The molecule has 0 aliphatic rings. The van der Waals surface area contributed by atoms with E-state index in [0.717, 1.165) is 38.5 Å². The lowest BCUT2D eigenvalue weighted by molar-refractivity contribution is -0.121. The molecule has 3 aromatic rings. The van der Waals surface area contributed by atoms with Crippen LogP contribution < -0.4 is 5.32 Å². The van der Waals surface area contributed by atoms with Gasteiger partial charge in [0.25, 0.3) is 0 Å². The van der Waals surface area contributed by atoms with Crippen LogP contribution in [0.3, 0.4) is 0 Å². The number of benzene rings is 2. The van der Waals surface area contributed by atoms with Gasteiger partial charge < -0.3 is 10.3 Å². The van der Waals surface area contributed by atoms with E-state index >= 15 is 0 Å². The van der Waals surface area contributed by atoms with Crippen LogP contribution in [0.25, 0.3) is 22.4 Å². The molecule has 0 unspecified atom stereocenters. The van der Waals surface area contributed by atoms with Gasteiger partial charge in [-0.3, -0.25) is 4.79 Å². The number of carbonyl (C=O) groups is 1. The number of H-pyrrole nitrogens is 1. The zero-order chi connectivity index (χ0) is 18.7. The van der Waals surface area contributed by atoms with Crippen LogP contribution in [0.2, 0.25) is 0 Å². The number of likely N-dealkylation sites (N-methyl/N-ethyl adjacent to an activating group) is 1. The van der Waals surface area contributed by atoms with Crippen LogP contribution in [0.5, 0.6) is 0 Å². The fourth-order valence-electron chi connectivity index (χ4n) is 2.45. The van der Waals surface area contributed by atoms with E-state index in [0.29, 0.717) is 6.54 Å². The van der Waals surface area contributed by atoms with E-state index in [1.165, 1.54) is 7.05 Å². The maximum absolute atomic E-state index is 11.8. The normalized spacial score (nSPS) is 11.8. The van der Waals surface area contributed by atoms with Gasteiger partial charge in [-0.1, -0.05) is 36.4 Å². The third kappa shape index (κ3) is 4.27. The molecule has 1 aromatic heterocycles. The Balaban J connectivity index is 1.62. The second-order valence-electron chi connectivity index (χ2n) is 6.10. The van der Waals surface area contributed by atoms with Crippen molar-refractivity contribution >= 4 is 27.0 Å².